The predicted octanol–water partition coefficient (Wildman–Crippen LogP) is 2.06. The maximum Gasteiger partial charge on any atom is 0.162 e. The molecule has 0 unspecified atom stereocenters. The lowest BCUT2D eigenvalue weighted by Crippen LogP contribution is -2.31. The number of ether oxygens (including phenoxy) is 1. The summed E-state index contributed by atoms with van der Waals surface area (Å²) in [7, 11) is 0. The van der Waals surface area contributed by atoms with Gasteiger partial charge in [0.2, 0.25) is 0 Å². The van der Waals surface area contributed by atoms with Crippen molar-refractivity contribution >= 4 is 0 Å². The molecule has 11 heavy (non-hydrogen) atoms. The van der Waals surface area contributed by atoms with Gasteiger partial charge in [0, 0.05) is 12.6 Å². The van der Waals surface area contributed by atoms with E-state index >= 15 is 0 Å². The molecule has 0 bridgehead atoms. The second-order valence-corrected chi connectivity index (χ2v) is 3.03. The van der Waals surface area contributed by atoms with Crippen LogP contribution in [-0.2, 0) is 4.74 Å². The number of nitrogens with one attached hydrogen (secondary N) is 1. The van der Waals surface area contributed by atoms with E-state index in [4.69, 9.17) is 4.74 Å². The lowest BCUT2D eigenvalue weighted by atomic mass is 10.1. The maximum atomic E-state index is 5.39. The van der Waals surface area contributed by atoms with Gasteiger partial charge < -0.3 is 4.74 Å². The minimum absolute atomic E-state index is 0.614. The van der Waals surface area contributed by atoms with Crippen LogP contribution in [0.2, 0.25) is 0 Å². The molecule has 2 heteroatoms. The molecule has 1 N–H and O–H groups in total. The minimum atomic E-state index is 0.614. The van der Waals surface area contributed by atoms with Crippen LogP contribution in [-0.4, -0.2) is 12.6 Å². The maximum absolute atomic E-state index is 5.39. The fourth-order valence-corrected chi connectivity index (χ4v) is 1.33. The Hall–Kier alpha value is -0.0800. The molecular formula is C9H18NO. The molecule has 1 fully saturated rings. The average molecular weight is 156 g/mol. The van der Waals surface area contributed by atoms with Gasteiger partial charge in [-0.2, -0.15) is 0 Å². The molecule has 1 heterocycles. The summed E-state index contributed by atoms with van der Waals surface area (Å²) in [5.41, 5.74) is 0. The standard InChI is InChI=1S/C9H18NO/c1-3-8(4-2)10-9-6-5-7-11-9/h8,10H,3-7H2,1-2H3. The van der Waals surface area contributed by atoms with Gasteiger partial charge in [-0.3, -0.25) is 5.32 Å². The van der Waals surface area contributed by atoms with E-state index in [0.717, 1.165) is 19.3 Å². The smallest absolute Gasteiger partial charge is 0.162 e. The average Bonchev–Trinajstić information content (AvgIpc) is 2.52. The molecule has 1 rings (SSSR count). The minimum Gasteiger partial charge on any atom is -0.356 e. The summed E-state index contributed by atoms with van der Waals surface area (Å²) in [5.74, 6) is 0. The molecule has 1 aliphatic rings. The summed E-state index contributed by atoms with van der Waals surface area (Å²) in [6.07, 6.45) is 5.77. The van der Waals surface area contributed by atoms with E-state index in [2.05, 4.69) is 19.2 Å². The summed E-state index contributed by atoms with van der Waals surface area (Å²) >= 11 is 0. The number of hydrogen-bond donors (Lipinski definition) is 1. The Kier molecular flexibility index (Phi) is 3.87. The van der Waals surface area contributed by atoms with Crippen LogP contribution in [0.25, 0.3) is 0 Å². The van der Waals surface area contributed by atoms with E-state index in [9.17, 15) is 0 Å². The zero-order valence-electron chi connectivity index (χ0n) is 7.52. The molecule has 65 valence electrons. The summed E-state index contributed by atoms with van der Waals surface area (Å²) < 4.78 is 5.39. The van der Waals surface area contributed by atoms with E-state index in [0.29, 0.717) is 6.04 Å². The molecule has 2 nitrogen and oxygen atoms in total. The largest absolute Gasteiger partial charge is 0.356 e. The Morgan fingerprint density at radius 1 is 1.45 bits per heavy atom. The van der Waals surface area contributed by atoms with Crippen LogP contribution in [0.3, 0.4) is 0 Å². The van der Waals surface area contributed by atoms with E-state index < -0.39 is 0 Å². The zero-order chi connectivity index (χ0) is 8.10. The molecule has 0 aromatic heterocycles. The topological polar surface area (TPSA) is 21.3 Å². The molecule has 0 amide bonds. The molecule has 1 aliphatic heterocycles. The van der Waals surface area contributed by atoms with Crippen LogP contribution in [0.5, 0.6) is 0 Å². The van der Waals surface area contributed by atoms with Crippen LogP contribution >= 0.6 is 0 Å². The molecule has 0 spiro atoms. The SMILES string of the molecule is CCC(CC)N[C]1CCCO1. The Bertz CT molecular complexity index is 95.7. The van der Waals surface area contributed by atoms with Crippen LogP contribution in [0, 0.1) is 6.23 Å². The molecule has 1 saturated heterocycles. The van der Waals surface area contributed by atoms with Crippen molar-refractivity contribution in [2.45, 2.75) is 45.6 Å². The first kappa shape index (κ1) is 9.01. The van der Waals surface area contributed by atoms with Crippen molar-refractivity contribution < 1.29 is 4.74 Å². The van der Waals surface area contributed by atoms with Gasteiger partial charge in [-0.15, -0.1) is 0 Å². The first-order chi connectivity index (χ1) is 5.36. The Labute approximate surface area is 69.3 Å². The van der Waals surface area contributed by atoms with E-state index in [1.807, 2.05) is 0 Å². The second kappa shape index (κ2) is 4.73. The number of hydrogen-bond acceptors (Lipinski definition) is 2. The predicted molar refractivity (Wildman–Crippen MR) is 45.9 cm³/mol. The third kappa shape index (κ3) is 2.80. The highest BCUT2D eigenvalue weighted by Gasteiger charge is 2.18. The van der Waals surface area contributed by atoms with E-state index in [1.165, 1.54) is 19.3 Å². The lowest BCUT2D eigenvalue weighted by molar-refractivity contribution is 0.161. The van der Waals surface area contributed by atoms with Gasteiger partial charge in [-0.25, -0.2) is 0 Å². The molecule has 1 radical (unpaired) electrons. The molecule has 0 atom stereocenters. The van der Waals surface area contributed by atoms with Crippen LogP contribution in [0.1, 0.15) is 39.5 Å². The van der Waals surface area contributed by atoms with Gasteiger partial charge >= 0.3 is 0 Å². The highest BCUT2D eigenvalue weighted by atomic mass is 16.5. The van der Waals surface area contributed by atoms with Gasteiger partial charge in [-0.05, 0) is 25.7 Å². The highest BCUT2D eigenvalue weighted by molar-refractivity contribution is 4.83. The highest BCUT2D eigenvalue weighted by Crippen LogP contribution is 2.17. The van der Waals surface area contributed by atoms with Crippen molar-refractivity contribution in [3.8, 4) is 0 Å². The monoisotopic (exact) mass is 156 g/mol. The fourth-order valence-electron chi connectivity index (χ4n) is 1.33. The summed E-state index contributed by atoms with van der Waals surface area (Å²) in [6, 6.07) is 0.614. The molecular weight excluding hydrogens is 138 g/mol. The Morgan fingerprint density at radius 3 is 2.64 bits per heavy atom. The Morgan fingerprint density at radius 2 is 2.18 bits per heavy atom. The van der Waals surface area contributed by atoms with Gasteiger partial charge in [0.15, 0.2) is 6.23 Å². The van der Waals surface area contributed by atoms with Gasteiger partial charge in [0.1, 0.15) is 0 Å². The van der Waals surface area contributed by atoms with Crippen molar-refractivity contribution in [3.05, 3.63) is 6.23 Å². The molecule has 0 aliphatic carbocycles. The molecule has 0 aromatic rings. The Balaban J connectivity index is 2.16. The normalized spacial score (nSPS) is 19.9. The van der Waals surface area contributed by atoms with Crippen molar-refractivity contribution in [1.82, 2.24) is 5.32 Å². The summed E-state index contributed by atoms with van der Waals surface area (Å²) in [5, 5.41) is 3.41. The first-order valence-electron chi connectivity index (χ1n) is 4.62. The molecule has 0 aromatic carbocycles. The summed E-state index contributed by atoms with van der Waals surface area (Å²) in [4.78, 5) is 0. The lowest BCUT2D eigenvalue weighted by Gasteiger charge is -2.18. The van der Waals surface area contributed by atoms with Crippen molar-refractivity contribution in [3.63, 3.8) is 0 Å². The molecule has 0 saturated carbocycles. The van der Waals surface area contributed by atoms with Crippen molar-refractivity contribution in [2.24, 2.45) is 0 Å². The second-order valence-electron chi connectivity index (χ2n) is 3.03. The first-order valence-corrected chi connectivity index (χ1v) is 4.62. The van der Waals surface area contributed by atoms with Crippen LogP contribution < -0.4 is 5.32 Å². The fraction of sp³-hybridized carbons (Fsp3) is 0.889. The van der Waals surface area contributed by atoms with Gasteiger partial charge in [-0.1, -0.05) is 13.8 Å². The van der Waals surface area contributed by atoms with Crippen molar-refractivity contribution in [1.29, 1.82) is 0 Å². The van der Waals surface area contributed by atoms with Gasteiger partial charge in [0.05, 0.1) is 0 Å². The van der Waals surface area contributed by atoms with E-state index in [-0.39, 0.29) is 0 Å². The van der Waals surface area contributed by atoms with Crippen LogP contribution in [0.4, 0.5) is 0 Å². The van der Waals surface area contributed by atoms with Crippen LogP contribution in [0.15, 0.2) is 0 Å². The van der Waals surface area contributed by atoms with E-state index in [1.54, 1.807) is 0 Å². The zero-order valence-corrected chi connectivity index (χ0v) is 7.52. The van der Waals surface area contributed by atoms with Gasteiger partial charge in [0.25, 0.3) is 0 Å². The third-order valence-electron chi connectivity index (χ3n) is 2.18. The third-order valence-corrected chi connectivity index (χ3v) is 2.18. The quantitative estimate of drug-likeness (QED) is 0.672. The summed E-state index contributed by atoms with van der Waals surface area (Å²) in [6.45, 7) is 5.32. The number of rotatable bonds is 4. The van der Waals surface area contributed by atoms with Crippen molar-refractivity contribution in [2.75, 3.05) is 6.61 Å².